The SMILES string of the molecule is CCC1c2ccsc2CCN1S(=O)(=O)N1CC(C)OC(C)C1. The maximum atomic E-state index is 13.1. The first-order chi connectivity index (χ1) is 10.4. The van der Waals surface area contributed by atoms with E-state index in [1.807, 2.05) is 13.8 Å². The first-order valence-corrected chi connectivity index (χ1v) is 10.2. The first kappa shape index (κ1) is 16.4. The number of rotatable bonds is 3. The Labute approximate surface area is 137 Å². The van der Waals surface area contributed by atoms with Crippen molar-refractivity contribution >= 4 is 21.5 Å². The lowest BCUT2D eigenvalue weighted by molar-refractivity contribution is -0.0458. The van der Waals surface area contributed by atoms with Gasteiger partial charge >= 0.3 is 0 Å². The number of hydrogen-bond acceptors (Lipinski definition) is 4. The smallest absolute Gasteiger partial charge is 0.282 e. The van der Waals surface area contributed by atoms with Gasteiger partial charge in [-0.05, 0) is 43.7 Å². The molecule has 0 saturated carbocycles. The molecule has 2 aliphatic rings. The number of ether oxygens (including phenoxy) is 1. The summed E-state index contributed by atoms with van der Waals surface area (Å²) in [5.41, 5.74) is 1.19. The van der Waals surface area contributed by atoms with Crippen molar-refractivity contribution < 1.29 is 13.2 Å². The van der Waals surface area contributed by atoms with Gasteiger partial charge in [-0.15, -0.1) is 11.3 Å². The van der Waals surface area contributed by atoms with E-state index in [4.69, 9.17) is 4.74 Å². The molecule has 3 unspecified atom stereocenters. The zero-order chi connectivity index (χ0) is 15.9. The fourth-order valence-corrected chi connectivity index (χ4v) is 6.47. The Morgan fingerprint density at radius 1 is 1.32 bits per heavy atom. The van der Waals surface area contributed by atoms with Crippen molar-refractivity contribution in [2.75, 3.05) is 19.6 Å². The number of thiophene rings is 1. The summed E-state index contributed by atoms with van der Waals surface area (Å²) in [6.07, 6.45) is 1.51. The van der Waals surface area contributed by atoms with Gasteiger partial charge in [-0.25, -0.2) is 0 Å². The lowest BCUT2D eigenvalue weighted by Crippen LogP contribution is -2.54. The zero-order valence-corrected chi connectivity index (χ0v) is 15.0. The molecule has 1 fully saturated rings. The molecule has 0 aliphatic carbocycles. The Bertz CT molecular complexity index is 618. The van der Waals surface area contributed by atoms with Gasteiger partial charge in [0.05, 0.1) is 18.2 Å². The Morgan fingerprint density at radius 3 is 2.64 bits per heavy atom. The molecule has 0 radical (unpaired) electrons. The maximum absolute atomic E-state index is 13.1. The monoisotopic (exact) mass is 344 g/mol. The molecule has 0 amide bonds. The average Bonchev–Trinajstić information content (AvgIpc) is 2.93. The highest BCUT2D eigenvalue weighted by Crippen LogP contribution is 2.37. The number of hydrogen-bond donors (Lipinski definition) is 0. The number of morpholine rings is 1. The Balaban J connectivity index is 1.89. The summed E-state index contributed by atoms with van der Waals surface area (Å²) in [5, 5.41) is 2.07. The van der Waals surface area contributed by atoms with E-state index in [1.54, 1.807) is 19.9 Å². The highest BCUT2D eigenvalue weighted by Gasteiger charge is 2.40. The van der Waals surface area contributed by atoms with E-state index >= 15 is 0 Å². The molecule has 0 bridgehead atoms. The molecule has 7 heteroatoms. The summed E-state index contributed by atoms with van der Waals surface area (Å²) < 4.78 is 35.2. The molecule has 3 rings (SSSR count). The minimum absolute atomic E-state index is 0.0338. The average molecular weight is 345 g/mol. The van der Waals surface area contributed by atoms with Gasteiger partial charge in [-0.3, -0.25) is 0 Å². The van der Waals surface area contributed by atoms with E-state index in [0.29, 0.717) is 19.6 Å². The van der Waals surface area contributed by atoms with E-state index in [2.05, 4.69) is 18.4 Å². The summed E-state index contributed by atoms with van der Waals surface area (Å²) in [5.74, 6) is 0. The molecular formula is C15H24N2O3S2. The van der Waals surface area contributed by atoms with Crippen molar-refractivity contribution in [1.82, 2.24) is 8.61 Å². The van der Waals surface area contributed by atoms with E-state index in [9.17, 15) is 8.42 Å². The van der Waals surface area contributed by atoms with Gasteiger partial charge in [-0.1, -0.05) is 6.92 Å². The third-order valence-electron chi connectivity index (χ3n) is 4.44. The summed E-state index contributed by atoms with van der Waals surface area (Å²) in [7, 11) is -3.44. The minimum atomic E-state index is -3.44. The highest BCUT2D eigenvalue weighted by molar-refractivity contribution is 7.86. The lowest BCUT2D eigenvalue weighted by Gasteiger charge is -2.41. The minimum Gasteiger partial charge on any atom is -0.373 e. The summed E-state index contributed by atoms with van der Waals surface area (Å²) >= 11 is 1.74. The summed E-state index contributed by atoms with van der Waals surface area (Å²) in [6.45, 7) is 7.39. The molecule has 1 aromatic rings. The molecular weight excluding hydrogens is 320 g/mol. The van der Waals surface area contributed by atoms with Crippen LogP contribution in [0, 0.1) is 0 Å². The Kier molecular flexibility index (Phi) is 4.62. The molecule has 1 aromatic heterocycles. The zero-order valence-electron chi connectivity index (χ0n) is 13.4. The van der Waals surface area contributed by atoms with Gasteiger partial charge in [-0.2, -0.15) is 17.0 Å². The molecule has 2 aliphatic heterocycles. The largest absolute Gasteiger partial charge is 0.373 e. The second-order valence-corrected chi connectivity index (χ2v) is 9.05. The summed E-state index contributed by atoms with van der Waals surface area (Å²) in [4.78, 5) is 1.34. The van der Waals surface area contributed by atoms with E-state index in [-0.39, 0.29) is 18.2 Å². The van der Waals surface area contributed by atoms with Crippen molar-refractivity contribution in [3.8, 4) is 0 Å². The maximum Gasteiger partial charge on any atom is 0.282 e. The molecule has 0 spiro atoms. The van der Waals surface area contributed by atoms with E-state index in [1.165, 1.54) is 10.4 Å². The Morgan fingerprint density at radius 2 is 2.00 bits per heavy atom. The second-order valence-electron chi connectivity index (χ2n) is 6.17. The van der Waals surface area contributed by atoms with Crippen LogP contribution in [0.25, 0.3) is 0 Å². The van der Waals surface area contributed by atoms with Gasteiger partial charge < -0.3 is 4.74 Å². The molecule has 1 saturated heterocycles. The fourth-order valence-electron chi connectivity index (χ4n) is 3.54. The van der Waals surface area contributed by atoms with Crippen LogP contribution in [0.4, 0.5) is 0 Å². The van der Waals surface area contributed by atoms with Crippen LogP contribution in [-0.2, 0) is 21.4 Å². The number of nitrogens with zero attached hydrogens (tertiary/aromatic N) is 2. The molecule has 3 heterocycles. The summed E-state index contributed by atoms with van der Waals surface area (Å²) in [6, 6.07) is 2.05. The van der Waals surface area contributed by atoms with Crippen LogP contribution < -0.4 is 0 Å². The second kappa shape index (κ2) is 6.20. The molecule has 124 valence electrons. The standard InChI is InChI=1S/C15H24N2O3S2/c1-4-14-13-6-8-21-15(13)5-7-17(14)22(18,19)16-9-11(2)20-12(3)10-16/h6,8,11-12,14H,4-5,7,9-10H2,1-3H3. The van der Waals surface area contributed by atoms with Crippen LogP contribution in [-0.4, -0.2) is 48.9 Å². The third kappa shape index (κ3) is 2.85. The van der Waals surface area contributed by atoms with Gasteiger partial charge in [0.25, 0.3) is 10.2 Å². The van der Waals surface area contributed by atoms with E-state index < -0.39 is 10.2 Å². The van der Waals surface area contributed by atoms with Crippen LogP contribution in [0.2, 0.25) is 0 Å². The Hall–Kier alpha value is -0.470. The van der Waals surface area contributed by atoms with Crippen molar-refractivity contribution in [2.45, 2.75) is 51.9 Å². The van der Waals surface area contributed by atoms with Crippen LogP contribution in [0.15, 0.2) is 11.4 Å². The van der Waals surface area contributed by atoms with Crippen LogP contribution in [0.3, 0.4) is 0 Å². The van der Waals surface area contributed by atoms with Gasteiger partial charge in [0, 0.05) is 24.5 Å². The molecule has 5 nitrogen and oxygen atoms in total. The van der Waals surface area contributed by atoms with E-state index in [0.717, 1.165) is 12.8 Å². The van der Waals surface area contributed by atoms with Crippen LogP contribution >= 0.6 is 11.3 Å². The van der Waals surface area contributed by atoms with Crippen molar-refractivity contribution in [3.05, 3.63) is 21.9 Å². The highest BCUT2D eigenvalue weighted by atomic mass is 32.2. The van der Waals surface area contributed by atoms with Crippen LogP contribution in [0.1, 0.15) is 43.7 Å². The molecule has 22 heavy (non-hydrogen) atoms. The van der Waals surface area contributed by atoms with Crippen molar-refractivity contribution in [2.24, 2.45) is 0 Å². The van der Waals surface area contributed by atoms with Crippen molar-refractivity contribution in [3.63, 3.8) is 0 Å². The molecule has 3 atom stereocenters. The van der Waals surface area contributed by atoms with Gasteiger partial charge in [0.15, 0.2) is 0 Å². The normalized spacial score (nSPS) is 31.1. The molecule has 0 aromatic carbocycles. The van der Waals surface area contributed by atoms with Crippen LogP contribution in [0.5, 0.6) is 0 Å². The van der Waals surface area contributed by atoms with Gasteiger partial charge in [0.2, 0.25) is 0 Å². The predicted octanol–water partition coefficient (Wildman–Crippen LogP) is 2.41. The van der Waals surface area contributed by atoms with Gasteiger partial charge in [0.1, 0.15) is 0 Å². The quantitative estimate of drug-likeness (QED) is 0.846. The fraction of sp³-hybridized carbons (Fsp3) is 0.733. The predicted molar refractivity (Wildman–Crippen MR) is 88.3 cm³/mol. The first-order valence-electron chi connectivity index (χ1n) is 7.92. The topological polar surface area (TPSA) is 49.9 Å². The van der Waals surface area contributed by atoms with Crippen molar-refractivity contribution in [1.29, 1.82) is 0 Å². The lowest BCUT2D eigenvalue weighted by atomic mass is 10.0. The molecule has 0 N–H and O–H groups in total. The third-order valence-corrected chi connectivity index (χ3v) is 7.42. The number of fused-ring (bicyclic) bond motifs is 1.